The fourth-order valence-electron chi connectivity index (χ4n) is 4.13. The van der Waals surface area contributed by atoms with Gasteiger partial charge in [0.1, 0.15) is 22.9 Å². The maximum atomic E-state index is 13.0. The van der Waals surface area contributed by atoms with E-state index in [1.165, 1.54) is 13.8 Å². The summed E-state index contributed by atoms with van der Waals surface area (Å²) in [6.45, 7) is 4.51. The number of carboxylic acids is 1. The first-order valence-electron chi connectivity index (χ1n) is 12.0. The lowest BCUT2D eigenvalue weighted by molar-refractivity contribution is -0.138. The van der Waals surface area contributed by atoms with Gasteiger partial charge in [0.05, 0.1) is 17.3 Å². The number of fused-ring (bicyclic) bond motifs is 1. The molecule has 0 aliphatic carbocycles. The van der Waals surface area contributed by atoms with E-state index in [2.05, 4.69) is 36.2 Å². The van der Waals surface area contributed by atoms with Gasteiger partial charge in [0.15, 0.2) is 5.76 Å². The van der Waals surface area contributed by atoms with Crippen molar-refractivity contribution in [3.8, 4) is 0 Å². The van der Waals surface area contributed by atoms with Gasteiger partial charge >= 0.3 is 5.97 Å². The number of carboxylic acid groups (broad SMARTS) is 1. The lowest BCUT2D eigenvalue weighted by Crippen LogP contribution is -2.53. The van der Waals surface area contributed by atoms with Crippen LogP contribution in [0.1, 0.15) is 28.2 Å². The highest BCUT2D eigenvalue weighted by molar-refractivity contribution is 7.89. The van der Waals surface area contributed by atoms with Crippen LogP contribution in [0.25, 0.3) is 10.9 Å². The molecular formula is C23H30N8O6S. The molecule has 1 amide bonds. The van der Waals surface area contributed by atoms with Crippen molar-refractivity contribution in [2.45, 2.75) is 44.0 Å². The van der Waals surface area contributed by atoms with E-state index in [0.29, 0.717) is 17.5 Å². The van der Waals surface area contributed by atoms with Gasteiger partial charge in [-0.3, -0.25) is 24.9 Å². The summed E-state index contributed by atoms with van der Waals surface area (Å²) in [5, 5.41) is 30.4. The number of aryl methyl sites for hydroxylation is 3. The second-order valence-corrected chi connectivity index (χ2v) is 10.4. The van der Waals surface area contributed by atoms with E-state index in [4.69, 9.17) is 4.52 Å². The molecule has 3 aromatic rings. The van der Waals surface area contributed by atoms with Crippen molar-refractivity contribution in [2.24, 2.45) is 0 Å². The molecule has 4 rings (SSSR count). The lowest BCUT2D eigenvalue weighted by Gasteiger charge is -2.22. The summed E-state index contributed by atoms with van der Waals surface area (Å²) < 4.78 is 34.2. The van der Waals surface area contributed by atoms with Gasteiger partial charge in [0, 0.05) is 31.6 Å². The highest BCUT2D eigenvalue weighted by atomic mass is 32.2. The number of benzene rings is 1. The van der Waals surface area contributed by atoms with Crippen LogP contribution in [0.15, 0.2) is 46.1 Å². The molecule has 0 spiro atoms. The molecule has 0 bridgehead atoms. The zero-order valence-electron chi connectivity index (χ0n) is 20.9. The maximum absolute atomic E-state index is 13.0. The Morgan fingerprint density at radius 2 is 2.13 bits per heavy atom. The van der Waals surface area contributed by atoms with E-state index in [-0.39, 0.29) is 22.6 Å². The Bertz CT molecular complexity index is 1430. The Morgan fingerprint density at radius 3 is 2.82 bits per heavy atom. The highest BCUT2D eigenvalue weighted by Gasteiger charge is 2.30. The first-order valence-corrected chi connectivity index (χ1v) is 13.4. The average Bonchev–Trinajstić information content (AvgIpc) is 3.47. The van der Waals surface area contributed by atoms with Gasteiger partial charge in [0.25, 0.3) is 5.91 Å². The quantitative estimate of drug-likeness (QED) is 0.164. The van der Waals surface area contributed by atoms with Crippen molar-refractivity contribution in [3.05, 3.63) is 53.7 Å². The third kappa shape index (κ3) is 6.19. The third-order valence-corrected chi connectivity index (χ3v) is 7.66. The van der Waals surface area contributed by atoms with Crippen LogP contribution in [0, 0.1) is 13.8 Å². The summed E-state index contributed by atoms with van der Waals surface area (Å²) in [6, 6.07) is 3.54. The molecule has 3 heterocycles. The molecule has 0 radical (unpaired) electrons. The van der Waals surface area contributed by atoms with E-state index in [1.807, 2.05) is 18.3 Å². The van der Waals surface area contributed by atoms with Crippen LogP contribution in [0.2, 0.25) is 0 Å². The molecule has 0 fully saturated rings. The molecule has 204 valence electrons. The summed E-state index contributed by atoms with van der Waals surface area (Å²) in [5.41, 5.74) is 1.15. The number of nitrogens with zero attached hydrogens (tertiary/aromatic N) is 3. The van der Waals surface area contributed by atoms with Crippen LogP contribution >= 0.6 is 0 Å². The number of nitrogens with one attached hydrogen (secondary N) is 5. The van der Waals surface area contributed by atoms with Crippen molar-refractivity contribution in [1.82, 2.24) is 40.9 Å². The Labute approximate surface area is 218 Å². The Balaban J connectivity index is 1.38. The van der Waals surface area contributed by atoms with Crippen molar-refractivity contribution >= 4 is 32.8 Å². The average molecular weight is 547 g/mol. The summed E-state index contributed by atoms with van der Waals surface area (Å²) >= 11 is 0. The Kier molecular flexibility index (Phi) is 8.41. The molecule has 1 aliphatic heterocycles. The van der Waals surface area contributed by atoms with E-state index in [0.717, 1.165) is 25.0 Å². The number of hydrogen-bond acceptors (Lipinski definition) is 10. The van der Waals surface area contributed by atoms with Crippen LogP contribution < -0.4 is 26.0 Å². The summed E-state index contributed by atoms with van der Waals surface area (Å²) in [7, 11) is -4.25. The lowest BCUT2D eigenvalue weighted by atomic mass is 10.1. The SMILES string of the molecule is Cc1noc(C)c1S(=O)(=O)NC(CNC(=O)c1cccc2c1cnn2CCCNC1NC=CCN1)C(=O)O. The topological polar surface area (TPSA) is 193 Å². The van der Waals surface area contributed by atoms with Crippen molar-refractivity contribution in [3.63, 3.8) is 0 Å². The number of aromatic nitrogens is 3. The summed E-state index contributed by atoms with van der Waals surface area (Å²) in [4.78, 5) is 24.5. The number of rotatable bonds is 12. The molecule has 15 heteroatoms. The number of carbonyl (C=O) groups is 2. The second-order valence-electron chi connectivity index (χ2n) is 8.70. The van der Waals surface area contributed by atoms with Gasteiger partial charge in [-0.05, 0) is 38.6 Å². The maximum Gasteiger partial charge on any atom is 0.323 e. The molecule has 0 saturated carbocycles. The van der Waals surface area contributed by atoms with Crippen LogP contribution in [-0.4, -0.2) is 72.3 Å². The van der Waals surface area contributed by atoms with E-state index in [9.17, 15) is 23.1 Å². The zero-order chi connectivity index (χ0) is 27.3. The summed E-state index contributed by atoms with van der Waals surface area (Å²) in [6.07, 6.45) is 6.27. The Hall–Kier alpha value is -3.79. The minimum Gasteiger partial charge on any atom is -0.480 e. The number of amides is 1. The fraction of sp³-hybridized carbons (Fsp3) is 0.391. The van der Waals surface area contributed by atoms with Gasteiger partial charge < -0.3 is 20.3 Å². The predicted octanol–water partition coefficient (Wildman–Crippen LogP) is -0.228. The van der Waals surface area contributed by atoms with Gasteiger partial charge in [0.2, 0.25) is 10.0 Å². The van der Waals surface area contributed by atoms with Crippen LogP contribution in [0.3, 0.4) is 0 Å². The molecular weight excluding hydrogens is 516 g/mol. The molecule has 38 heavy (non-hydrogen) atoms. The number of aliphatic carboxylic acids is 1. The van der Waals surface area contributed by atoms with Gasteiger partial charge in [-0.1, -0.05) is 17.3 Å². The minimum absolute atomic E-state index is 0.00757. The molecule has 6 N–H and O–H groups in total. The van der Waals surface area contributed by atoms with Crippen molar-refractivity contribution < 1.29 is 27.6 Å². The molecule has 1 aromatic carbocycles. The number of sulfonamides is 1. The number of carbonyl (C=O) groups excluding carboxylic acids is 1. The first kappa shape index (κ1) is 27.3. The summed E-state index contributed by atoms with van der Waals surface area (Å²) in [5.74, 6) is -1.97. The van der Waals surface area contributed by atoms with Gasteiger partial charge in [-0.2, -0.15) is 9.82 Å². The standard InChI is InChI=1S/C23H30N8O6S/c1-14-20(15(2)37-29-14)38(35,36)30-18(22(33)34)13-27-21(32)16-6-3-7-19-17(16)12-28-31(19)11-5-10-26-23-24-8-4-9-25-23/h3-4,6-8,12,18,23-26,30H,5,9-11,13H2,1-2H3,(H,27,32)(H,33,34). The van der Waals surface area contributed by atoms with E-state index < -0.39 is 34.5 Å². The predicted molar refractivity (Wildman–Crippen MR) is 136 cm³/mol. The van der Waals surface area contributed by atoms with E-state index >= 15 is 0 Å². The molecule has 1 aliphatic rings. The third-order valence-electron chi connectivity index (χ3n) is 5.95. The number of hydrogen-bond donors (Lipinski definition) is 6. The van der Waals surface area contributed by atoms with Crippen LogP contribution in [-0.2, 0) is 21.4 Å². The van der Waals surface area contributed by atoms with Crippen molar-refractivity contribution in [2.75, 3.05) is 19.6 Å². The van der Waals surface area contributed by atoms with Crippen molar-refractivity contribution in [1.29, 1.82) is 0 Å². The molecule has 2 atom stereocenters. The monoisotopic (exact) mass is 546 g/mol. The first-order chi connectivity index (χ1) is 18.2. The molecule has 2 unspecified atom stereocenters. The molecule has 2 aromatic heterocycles. The Morgan fingerprint density at radius 1 is 1.32 bits per heavy atom. The van der Waals surface area contributed by atoms with Gasteiger partial charge in [-0.15, -0.1) is 0 Å². The smallest absolute Gasteiger partial charge is 0.323 e. The van der Waals surface area contributed by atoms with E-state index in [1.54, 1.807) is 23.0 Å². The van der Waals surface area contributed by atoms with Crippen LogP contribution in [0.4, 0.5) is 0 Å². The minimum atomic E-state index is -4.25. The zero-order valence-corrected chi connectivity index (χ0v) is 21.7. The van der Waals surface area contributed by atoms with Gasteiger partial charge in [-0.25, -0.2) is 8.42 Å². The van der Waals surface area contributed by atoms with Crippen LogP contribution in [0.5, 0.6) is 0 Å². The normalized spacial score (nSPS) is 16.3. The molecule has 0 saturated heterocycles. The molecule has 14 nitrogen and oxygen atoms in total. The largest absolute Gasteiger partial charge is 0.480 e. The highest BCUT2D eigenvalue weighted by Crippen LogP contribution is 2.20. The fourth-order valence-corrected chi connectivity index (χ4v) is 5.65. The second kappa shape index (κ2) is 11.7.